The van der Waals surface area contributed by atoms with Crippen molar-refractivity contribution in [3.63, 3.8) is 0 Å². The quantitative estimate of drug-likeness (QED) is 0.0389. The van der Waals surface area contributed by atoms with Crippen molar-refractivity contribution < 1.29 is 80.1 Å². The van der Waals surface area contributed by atoms with Crippen molar-refractivity contribution in [2.45, 2.75) is 29.4 Å². The number of carbonyl (C=O) groups is 2. The highest BCUT2D eigenvalue weighted by molar-refractivity contribution is 7.91. The first-order chi connectivity index (χ1) is 35.1. The lowest BCUT2D eigenvalue weighted by Crippen LogP contribution is -2.16. The van der Waals surface area contributed by atoms with Gasteiger partial charge in [-0.25, -0.2) is 8.42 Å². The van der Waals surface area contributed by atoms with Crippen LogP contribution in [0.3, 0.4) is 0 Å². The Morgan fingerprint density at radius 3 is 1.11 bits per heavy atom. The molecule has 0 unspecified atom stereocenters. The zero-order valence-corrected chi connectivity index (χ0v) is 41.1. The Kier molecular flexibility index (Phi) is 13.9. The van der Waals surface area contributed by atoms with Crippen molar-refractivity contribution in [2.75, 3.05) is 10.6 Å². The Hall–Kier alpha value is -8.53. The summed E-state index contributed by atoms with van der Waals surface area (Å²) in [5.74, 6) is -3.50. The van der Waals surface area contributed by atoms with Crippen LogP contribution in [-0.4, -0.2) is 92.3 Å². The summed E-state index contributed by atoms with van der Waals surface area (Å²) in [7, 11) is -24.3. The number of aromatic nitrogens is 2. The number of sulfone groups is 1. The first-order valence-corrected chi connectivity index (χ1v) is 27.7. The number of amides is 2. The molecular weight excluding hydrogens is 1090 g/mol. The molecule has 31 heteroatoms. The number of phenolic OH excluding ortho intramolecular Hbond substituents is 2. The normalized spacial score (nSPS) is 12.6. The number of carbonyl (C=O) groups excluding carboxylic acids is 2. The highest BCUT2D eigenvalue weighted by Gasteiger charge is 2.26. The van der Waals surface area contributed by atoms with Gasteiger partial charge < -0.3 is 20.8 Å². The predicted molar refractivity (Wildman–Crippen MR) is 262 cm³/mol. The molecule has 0 aliphatic heterocycles. The van der Waals surface area contributed by atoms with E-state index in [1.807, 2.05) is 0 Å². The molecule has 0 saturated carbocycles. The van der Waals surface area contributed by atoms with E-state index in [2.05, 4.69) is 41.1 Å². The molecule has 2 heterocycles. The van der Waals surface area contributed by atoms with E-state index in [9.17, 15) is 80.1 Å². The van der Waals surface area contributed by atoms with Gasteiger partial charge in [-0.05, 0) is 121 Å². The van der Waals surface area contributed by atoms with Crippen LogP contribution in [0.2, 0.25) is 0 Å². The third kappa shape index (κ3) is 11.2. The Morgan fingerprint density at radius 1 is 0.427 bits per heavy atom. The average Bonchev–Trinajstić information content (AvgIpc) is 3.35. The predicted octanol–water partition coefficient (Wildman–Crippen LogP) is 7.35. The fraction of sp³-hybridized carbons (Fsp3) is 0. The van der Waals surface area contributed by atoms with Gasteiger partial charge in [-0.2, -0.15) is 43.9 Å². The van der Waals surface area contributed by atoms with Crippen LogP contribution in [0, 0.1) is 0 Å². The monoisotopic (exact) mass is 1120 g/mol. The van der Waals surface area contributed by atoms with Crippen molar-refractivity contribution in [3.05, 3.63) is 145 Å². The first-order valence-electron chi connectivity index (χ1n) is 20.4. The summed E-state index contributed by atoms with van der Waals surface area (Å²) in [6.45, 7) is 0. The lowest BCUT2D eigenvalue weighted by atomic mass is 10.2. The summed E-state index contributed by atoms with van der Waals surface area (Å²) in [5.41, 5.74) is -3.51. The van der Waals surface area contributed by atoms with E-state index >= 15 is 0 Å². The molecule has 0 saturated heterocycles. The molecule has 0 aliphatic carbocycles. The fourth-order valence-corrected chi connectivity index (χ4v) is 11.2. The smallest absolute Gasteiger partial charge is 0.295 e. The van der Waals surface area contributed by atoms with Crippen LogP contribution in [0.5, 0.6) is 11.5 Å². The Labute approximate surface area is 422 Å². The van der Waals surface area contributed by atoms with E-state index in [1.165, 1.54) is 36.7 Å². The molecule has 0 radical (unpaired) electrons. The third-order valence-corrected chi connectivity index (χ3v) is 15.9. The van der Waals surface area contributed by atoms with Crippen LogP contribution < -0.4 is 10.6 Å². The van der Waals surface area contributed by atoms with Crippen LogP contribution >= 0.6 is 0 Å². The number of benzene rings is 6. The highest BCUT2D eigenvalue weighted by atomic mass is 32.2. The Balaban J connectivity index is 0.957. The van der Waals surface area contributed by atoms with Crippen LogP contribution in [0.15, 0.2) is 184 Å². The maximum absolute atomic E-state index is 13.6. The minimum absolute atomic E-state index is 0.0477. The maximum atomic E-state index is 13.6. The summed E-state index contributed by atoms with van der Waals surface area (Å²) >= 11 is 0. The van der Waals surface area contributed by atoms with Crippen LogP contribution in [-0.2, 0) is 50.3 Å². The number of pyridine rings is 2. The molecule has 0 spiro atoms. The minimum atomic E-state index is -5.15. The number of nitrogens with zero attached hydrogens (tertiary/aromatic N) is 6. The molecule has 8 aromatic rings. The van der Waals surface area contributed by atoms with E-state index in [0.717, 1.165) is 97.1 Å². The van der Waals surface area contributed by atoms with E-state index in [0.29, 0.717) is 0 Å². The number of fused-ring (bicyclic) bond motifs is 2. The molecule has 2 amide bonds. The first kappa shape index (κ1) is 52.8. The molecular formula is C44H30N8O18S5. The van der Waals surface area contributed by atoms with Crippen LogP contribution in [0.1, 0.15) is 20.7 Å². The zero-order chi connectivity index (χ0) is 54.4. The van der Waals surface area contributed by atoms with Gasteiger partial charge in [-0.1, -0.05) is 0 Å². The summed E-state index contributed by atoms with van der Waals surface area (Å²) in [6.07, 6.45) is 2.45. The van der Waals surface area contributed by atoms with Gasteiger partial charge >= 0.3 is 0 Å². The van der Waals surface area contributed by atoms with Gasteiger partial charge in [0, 0.05) is 34.5 Å². The largest absolute Gasteiger partial charge is 0.504 e. The number of rotatable bonds is 14. The molecule has 0 atom stereocenters. The topological polar surface area (TPSA) is 426 Å². The van der Waals surface area contributed by atoms with Gasteiger partial charge in [0.25, 0.3) is 52.3 Å². The van der Waals surface area contributed by atoms with E-state index in [1.54, 1.807) is 0 Å². The number of nitrogens with one attached hydrogen (secondary N) is 2. The van der Waals surface area contributed by atoms with Crippen molar-refractivity contribution in [1.29, 1.82) is 0 Å². The standard InChI is InChI=1S/C44H30N8O18S5/c53-41-33(21-37(74(65,66)67)29-3-1-17-45-39(29)41)51-49-25-9-15-31(35(19-25)72(59,60)61)43(55)47-23-5-11-27(12-6-23)71(57,58)28-13-7-24(8-14-28)48-44(56)32-16-10-26(20-36(32)73(62,63)64)50-52-34-22-38(75(68,69)70)30-4-2-18-46-40(30)42(34)54/h1-22,53-54H,(H,47,55)(H,48,56)(H,59,60,61)(H,62,63,64)(H,65,66,67)(H,68,69,70). The number of aromatic hydroxyl groups is 2. The van der Waals surface area contributed by atoms with Crippen molar-refractivity contribution >= 4 is 118 Å². The second-order valence-electron chi connectivity index (χ2n) is 15.4. The van der Waals surface area contributed by atoms with Crippen LogP contribution in [0.25, 0.3) is 21.8 Å². The number of phenols is 2. The molecule has 6 aromatic carbocycles. The lowest BCUT2D eigenvalue weighted by molar-refractivity contribution is 0.101. The lowest BCUT2D eigenvalue weighted by Gasteiger charge is -2.11. The van der Waals surface area contributed by atoms with Gasteiger partial charge in [0.1, 0.15) is 42.0 Å². The number of hydrogen-bond acceptors (Lipinski definition) is 20. The van der Waals surface area contributed by atoms with Gasteiger partial charge in [-0.3, -0.25) is 37.8 Å². The molecule has 2 aromatic heterocycles. The van der Waals surface area contributed by atoms with Gasteiger partial charge in [0.2, 0.25) is 9.84 Å². The SMILES string of the molecule is O=C(Nc1ccc(S(=O)(=O)c2ccc(NC(=O)c3ccc(N=Nc4cc(S(=O)(=O)O)c5cccnc5c4O)cc3S(=O)(=O)O)cc2)cc1)c1ccc(N=Nc2cc(S(=O)(=O)O)c3cccnc3c2O)cc1S(=O)(=O)O. The van der Waals surface area contributed by atoms with Crippen molar-refractivity contribution in [2.24, 2.45) is 20.5 Å². The van der Waals surface area contributed by atoms with Gasteiger partial charge in [-0.15, -0.1) is 10.2 Å². The average molecular weight is 1120 g/mol. The zero-order valence-electron chi connectivity index (χ0n) is 37.0. The number of azo groups is 2. The number of anilines is 2. The third-order valence-electron chi connectivity index (χ3n) is 10.5. The molecule has 384 valence electrons. The van der Waals surface area contributed by atoms with Gasteiger partial charge in [0.05, 0.1) is 32.3 Å². The molecule has 8 rings (SSSR count). The second kappa shape index (κ2) is 19.7. The van der Waals surface area contributed by atoms with E-state index in [4.69, 9.17) is 0 Å². The minimum Gasteiger partial charge on any atom is -0.504 e. The van der Waals surface area contributed by atoms with Gasteiger partial charge in [0.15, 0.2) is 11.5 Å². The molecule has 8 N–H and O–H groups in total. The van der Waals surface area contributed by atoms with E-state index < -0.39 is 116 Å². The maximum Gasteiger partial charge on any atom is 0.295 e. The van der Waals surface area contributed by atoms with E-state index in [-0.39, 0.29) is 54.3 Å². The van der Waals surface area contributed by atoms with Crippen molar-refractivity contribution in [1.82, 2.24) is 9.97 Å². The molecule has 0 bridgehead atoms. The number of hydrogen-bond donors (Lipinski definition) is 8. The van der Waals surface area contributed by atoms with Crippen LogP contribution in [0.4, 0.5) is 34.1 Å². The molecule has 0 fully saturated rings. The van der Waals surface area contributed by atoms with Crippen molar-refractivity contribution in [3.8, 4) is 11.5 Å². The molecule has 26 nitrogen and oxygen atoms in total. The summed E-state index contributed by atoms with van der Waals surface area (Å²) < 4.78 is 164. The molecule has 0 aliphatic rings. The highest BCUT2D eigenvalue weighted by Crippen LogP contribution is 2.41. The molecule has 75 heavy (non-hydrogen) atoms. The summed E-state index contributed by atoms with van der Waals surface area (Å²) in [4.78, 5) is 30.6. The summed E-state index contributed by atoms with van der Waals surface area (Å²) in [5, 5.41) is 40.8. The Morgan fingerprint density at radius 2 is 0.773 bits per heavy atom. The second-order valence-corrected chi connectivity index (χ2v) is 22.9. The fourth-order valence-electron chi connectivity index (χ4n) is 7.09. The summed E-state index contributed by atoms with van der Waals surface area (Å²) in [6, 6.07) is 21.3. The Bertz CT molecular complexity index is 4100.